The van der Waals surface area contributed by atoms with Crippen molar-refractivity contribution in [1.82, 2.24) is 0 Å². The third-order valence-electron chi connectivity index (χ3n) is 5.51. The zero-order chi connectivity index (χ0) is 15.5. The van der Waals surface area contributed by atoms with E-state index in [9.17, 15) is 15.0 Å². The van der Waals surface area contributed by atoms with Crippen LogP contribution in [-0.4, -0.2) is 16.2 Å². The molecule has 2 fully saturated rings. The molecule has 122 valence electrons. The molecule has 23 heavy (non-hydrogen) atoms. The topological polar surface area (TPSA) is 57.5 Å². The SMILES string of the molecule is O=C(O)c1cc(C2CCCCC2)cc(C2CCCCC2)c1O.[Zn]. The molecule has 0 heterocycles. The van der Waals surface area contributed by atoms with Gasteiger partial charge in [-0.25, -0.2) is 4.79 Å². The molecule has 2 N–H and O–H groups in total. The fraction of sp³-hybridized carbons (Fsp3) is 0.632. The Balaban J connectivity index is 0.00000192. The van der Waals surface area contributed by atoms with Gasteiger partial charge in [-0.2, -0.15) is 0 Å². The first kappa shape index (κ1) is 18.5. The third-order valence-corrected chi connectivity index (χ3v) is 5.51. The summed E-state index contributed by atoms with van der Waals surface area (Å²) < 4.78 is 0. The van der Waals surface area contributed by atoms with Crippen molar-refractivity contribution in [1.29, 1.82) is 0 Å². The van der Waals surface area contributed by atoms with Gasteiger partial charge in [0, 0.05) is 19.5 Å². The minimum Gasteiger partial charge on any atom is -0.507 e. The van der Waals surface area contributed by atoms with Gasteiger partial charge in [0.2, 0.25) is 0 Å². The van der Waals surface area contributed by atoms with Crippen molar-refractivity contribution in [2.75, 3.05) is 0 Å². The molecule has 3 rings (SSSR count). The largest absolute Gasteiger partial charge is 0.507 e. The molecule has 0 saturated heterocycles. The summed E-state index contributed by atoms with van der Waals surface area (Å²) >= 11 is 0. The van der Waals surface area contributed by atoms with Crippen LogP contribution in [0.3, 0.4) is 0 Å². The van der Waals surface area contributed by atoms with Crippen molar-refractivity contribution in [3.05, 3.63) is 28.8 Å². The molecule has 0 atom stereocenters. The Morgan fingerprint density at radius 2 is 1.39 bits per heavy atom. The predicted molar refractivity (Wildman–Crippen MR) is 86.7 cm³/mol. The second-order valence-electron chi connectivity index (χ2n) is 6.98. The van der Waals surface area contributed by atoms with Crippen LogP contribution in [0.5, 0.6) is 5.75 Å². The molecule has 1 aromatic rings. The van der Waals surface area contributed by atoms with Gasteiger partial charge < -0.3 is 10.2 Å². The Morgan fingerprint density at radius 3 is 1.91 bits per heavy atom. The Morgan fingerprint density at radius 1 is 0.870 bits per heavy atom. The zero-order valence-electron chi connectivity index (χ0n) is 13.9. The van der Waals surface area contributed by atoms with Crippen molar-refractivity contribution in [3.8, 4) is 5.75 Å². The van der Waals surface area contributed by atoms with Crippen LogP contribution >= 0.6 is 0 Å². The third kappa shape index (κ3) is 4.15. The number of hydrogen-bond donors (Lipinski definition) is 2. The van der Waals surface area contributed by atoms with Gasteiger partial charge in [-0.05, 0) is 54.7 Å². The molecule has 0 unspecified atom stereocenters. The Labute approximate surface area is 151 Å². The van der Waals surface area contributed by atoms with E-state index >= 15 is 0 Å². The van der Waals surface area contributed by atoms with Crippen LogP contribution in [0.25, 0.3) is 0 Å². The van der Waals surface area contributed by atoms with E-state index in [2.05, 4.69) is 6.07 Å². The van der Waals surface area contributed by atoms with E-state index in [0.29, 0.717) is 11.8 Å². The zero-order valence-corrected chi connectivity index (χ0v) is 16.9. The van der Waals surface area contributed by atoms with Crippen molar-refractivity contribution >= 4 is 5.97 Å². The maximum absolute atomic E-state index is 11.5. The van der Waals surface area contributed by atoms with Gasteiger partial charge in [0.05, 0.1) is 0 Å². The molecular formula is C19H26O3Zn. The molecule has 0 aliphatic heterocycles. The van der Waals surface area contributed by atoms with Crippen molar-refractivity contribution in [2.45, 2.75) is 76.0 Å². The first-order chi connectivity index (χ1) is 10.7. The number of aromatic hydroxyl groups is 1. The number of carboxylic acids is 1. The summed E-state index contributed by atoms with van der Waals surface area (Å²) in [7, 11) is 0. The van der Waals surface area contributed by atoms with Crippen LogP contribution in [0.4, 0.5) is 0 Å². The molecule has 3 nitrogen and oxygen atoms in total. The summed E-state index contributed by atoms with van der Waals surface area (Å²) in [5.41, 5.74) is 2.12. The number of aromatic carboxylic acids is 1. The van der Waals surface area contributed by atoms with Gasteiger partial charge in [-0.1, -0.05) is 44.6 Å². The fourth-order valence-corrected chi connectivity index (χ4v) is 4.24. The molecule has 0 amide bonds. The number of rotatable bonds is 3. The molecule has 0 bridgehead atoms. The van der Waals surface area contributed by atoms with E-state index < -0.39 is 5.97 Å². The maximum Gasteiger partial charge on any atom is 0.339 e. The average Bonchev–Trinajstić information content (AvgIpc) is 2.56. The molecular weight excluding hydrogens is 342 g/mol. The molecule has 2 aliphatic rings. The summed E-state index contributed by atoms with van der Waals surface area (Å²) in [4.78, 5) is 11.5. The number of carbonyl (C=O) groups is 1. The molecule has 0 radical (unpaired) electrons. The predicted octanol–water partition coefficient (Wildman–Crippen LogP) is 5.18. The molecule has 2 saturated carbocycles. The molecule has 0 spiro atoms. The van der Waals surface area contributed by atoms with Gasteiger partial charge >= 0.3 is 5.97 Å². The van der Waals surface area contributed by atoms with Gasteiger partial charge in [0.15, 0.2) is 0 Å². The van der Waals surface area contributed by atoms with Crippen molar-refractivity contribution < 1.29 is 34.5 Å². The number of carboxylic acid groups (broad SMARTS) is 1. The van der Waals surface area contributed by atoms with Crippen LogP contribution in [-0.2, 0) is 19.5 Å². The van der Waals surface area contributed by atoms with Crippen molar-refractivity contribution in [2.24, 2.45) is 0 Å². The van der Waals surface area contributed by atoms with Crippen LogP contribution in [0.1, 0.15) is 97.5 Å². The quantitative estimate of drug-likeness (QED) is 0.723. The molecule has 1 aromatic carbocycles. The smallest absolute Gasteiger partial charge is 0.339 e. The van der Waals surface area contributed by atoms with E-state index in [0.717, 1.165) is 36.8 Å². The monoisotopic (exact) mass is 366 g/mol. The van der Waals surface area contributed by atoms with Crippen LogP contribution in [0.15, 0.2) is 12.1 Å². The minimum absolute atomic E-state index is 0. The van der Waals surface area contributed by atoms with Gasteiger partial charge in [-0.15, -0.1) is 0 Å². The fourth-order valence-electron chi connectivity index (χ4n) is 4.24. The molecule has 4 heteroatoms. The minimum atomic E-state index is -1.01. The van der Waals surface area contributed by atoms with Crippen LogP contribution in [0, 0.1) is 0 Å². The summed E-state index contributed by atoms with van der Waals surface area (Å²) in [6, 6.07) is 3.84. The standard InChI is InChI=1S/C19H26O3.Zn/c20-18-16(14-9-5-2-6-10-14)11-15(12-17(18)19(21)22)13-7-3-1-4-8-13;/h11-14,20H,1-10H2,(H,21,22);. The van der Waals surface area contributed by atoms with Gasteiger partial charge in [0.1, 0.15) is 11.3 Å². The molecule has 0 aromatic heterocycles. The van der Waals surface area contributed by atoms with E-state index in [1.807, 2.05) is 0 Å². The van der Waals surface area contributed by atoms with Crippen molar-refractivity contribution in [3.63, 3.8) is 0 Å². The average molecular weight is 368 g/mol. The first-order valence-corrected chi connectivity index (χ1v) is 8.77. The summed E-state index contributed by atoms with van der Waals surface area (Å²) in [6.07, 6.45) is 11.8. The van der Waals surface area contributed by atoms with Gasteiger partial charge in [-0.3, -0.25) is 0 Å². The summed E-state index contributed by atoms with van der Waals surface area (Å²) in [5.74, 6) is -0.198. The van der Waals surface area contributed by atoms with Gasteiger partial charge in [0.25, 0.3) is 0 Å². The number of benzene rings is 1. The first-order valence-electron chi connectivity index (χ1n) is 8.77. The Hall–Kier alpha value is -0.887. The van der Waals surface area contributed by atoms with E-state index in [-0.39, 0.29) is 30.8 Å². The van der Waals surface area contributed by atoms with Crippen LogP contribution in [0.2, 0.25) is 0 Å². The summed E-state index contributed by atoms with van der Waals surface area (Å²) in [6.45, 7) is 0. The second-order valence-corrected chi connectivity index (χ2v) is 6.98. The molecule has 2 aliphatic carbocycles. The second kappa shape index (κ2) is 8.28. The number of phenols is 1. The Kier molecular flexibility index (Phi) is 6.64. The Bertz CT molecular complexity index is 544. The van der Waals surface area contributed by atoms with Crippen LogP contribution < -0.4 is 0 Å². The number of hydrogen-bond acceptors (Lipinski definition) is 2. The van der Waals surface area contributed by atoms with E-state index in [4.69, 9.17) is 0 Å². The van der Waals surface area contributed by atoms with E-state index in [1.165, 1.54) is 38.5 Å². The summed E-state index contributed by atoms with van der Waals surface area (Å²) in [5, 5.41) is 19.9. The maximum atomic E-state index is 11.5. The normalized spacial score (nSPS) is 20.0. The van der Waals surface area contributed by atoms with E-state index in [1.54, 1.807) is 6.07 Å².